The number of hydrogen-bond acceptors (Lipinski definition) is 3. The number of nitrogens with one attached hydrogen (secondary N) is 1. The largest absolute Gasteiger partial charge is 0.493 e. The highest BCUT2D eigenvalue weighted by Crippen LogP contribution is 2.42. The number of thiol groups is 1. The van der Waals surface area contributed by atoms with Gasteiger partial charge < -0.3 is 10.1 Å². The van der Waals surface area contributed by atoms with Gasteiger partial charge >= 0.3 is 0 Å². The summed E-state index contributed by atoms with van der Waals surface area (Å²) in [6.07, 6.45) is 9.45. The standard InChI is InChI=1S/C11H15NO.C7H7FS/c1-2-4-10-8(3-1)9-5-6-12-7-11(9)13-10;1-5-4-6(9)2-3-7(5)8/h1-2,4,8-9,11-12H,3,5-7H2;2-4,9H,1H3. The van der Waals surface area contributed by atoms with Crippen LogP contribution in [-0.4, -0.2) is 19.2 Å². The lowest BCUT2D eigenvalue weighted by molar-refractivity contribution is 0.108. The third-order valence-corrected chi connectivity index (χ3v) is 4.85. The molecule has 0 amide bonds. The summed E-state index contributed by atoms with van der Waals surface area (Å²) in [6, 6.07) is 4.74. The molecule has 1 aliphatic carbocycles. The van der Waals surface area contributed by atoms with E-state index in [0.717, 1.165) is 23.9 Å². The van der Waals surface area contributed by atoms with Crippen molar-refractivity contribution in [3.8, 4) is 0 Å². The van der Waals surface area contributed by atoms with Crippen LogP contribution >= 0.6 is 12.6 Å². The maximum absolute atomic E-state index is 12.5. The van der Waals surface area contributed by atoms with Crippen LogP contribution in [0.3, 0.4) is 0 Å². The second kappa shape index (κ2) is 6.88. The molecule has 0 spiro atoms. The molecule has 22 heavy (non-hydrogen) atoms. The zero-order valence-corrected chi connectivity index (χ0v) is 13.7. The van der Waals surface area contributed by atoms with Crippen LogP contribution in [-0.2, 0) is 4.74 Å². The molecule has 0 bridgehead atoms. The van der Waals surface area contributed by atoms with Crippen LogP contribution in [0.4, 0.5) is 4.39 Å². The maximum atomic E-state index is 12.5. The molecule has 1 aromatic carbocycles. The third-order valence-electron chi connectivity index (χ3n) is 4.58. The summed E-state index contributed by atoms with van der Waals surface area (Å²) in [4.78, 5) is 0.800. The van der Waals surface area contributed by atoms with Crippen LogP contribution in [0, 0.1) is 24.6 Å². The van der Waals surface area contributed by atoms with Crippen molar-refractivity contribution in [1.29, 1.82) is 0 Å². The van der Waals surface area contributed by atoms with E-state index in [1.54, 1.807) is 19.1 Å². The first-order chi connectivity index (χ1) is 10.6. The zero-order chi connectivity index (χ0) is 15.5. The summed E-state index contributed by atoms with van der Waals surface area (Å²) in [5.41, 5.74) is 0.641. The number of hydrogen-bond donors (Lipinski definition) is 2. The molecule has 1 N–H and O–H groups in total. The van der Waals surface area contributed by atoms with Crippen molar-refractivity contribution in [1.82, 2.24) is 5.32 Å². The fourth-order valence-electron chi connectivity index (χ4n) is 3.38. The van der Waals surface area contributed by atoms with Gasteiger partial charge in [-0.1, -0.05) is 12.2 Å². The van der Waals surface area contributed by atoms with Crippen LogP contribution in [0.5, 0.6) is 0 Å². The predicted octanol–water partition coefficient (Wildman–Crippen LogP) is 3.88. The summed E-state index contributed by atoms with van der Waals surface area (Å²) >= 11 is 4.03. The van der Waals surface area contributed by atoms with Gasteiger partial charge in [0.2, 0.25) is 0 Å². The molecule has 0 radical (unpaired) electrons. The van der Waals surface area contributed by atoms with Crippen LogP contribution in [0.15, 0.2) is 47.1 Å². The molecule has 2 nitrogen and oxygen atoms in total. The Balaban J connectivity index is 0.000000142. The van der Waals surface area contributed by atoms with E-state index in [-0.39, 0.29) is 5.82 Å². The molecule has 2 fully saturated rings. The molecular weight excluding hydrogens is 297 g/mol. The van der Waals surface area contributed by atoms with Crippen LogP contribution in [0.1, 0.15) is 18.4 Å². The van der Waals surface area contributed by atoms with Crippen LogP contribution in [0.25, 0.3) is 0 Å². The molecule has 3 atom stereocenters. The molecule has 2 heterocycles. The Morgan fingerprint density at radius 3 is 3.00 bits per heavy atom. The topological polar surface area (TPSA) is 21.3 Å². The summed E-state index contributed by atoms with van der Waals surface area (Å²) in [7, 11) is 0. The molecule has 3 aliphatic rings. The first kappa shape index (κ1) is 15.6. The number of allylic oxidation sites excluding steroid dienone is 4. The van der Waals surface area contributed by atoms with Gasteiger partial charge in [0.05, 0.1) is 0 Å². The first-order valence-electron chi connectivity index (χ1n) is 7.84. The third kappa shape index (κ3) is 3.39. The SMILES string of the molecule is C1=CCC2C(=C1)OC1CNCCC12.Cc1cc(S)ccc1F. The second-order valence-corrected chi connectivity index (χ2v) is 6.60. The minimum Gasteiger partial charge on any atom is -0.493 e. The Morgan fingerprint density at radius 2 is 2.23 bits per heavy atom. The van der Waals surface area contributed by atoms with Crippen molar-refractivity contribution < 1.29 is 9.13 Å². The van der Waals surface area contributed by atoms with Crippen LogP contribution < -0.4 is 5.32 Å². The van der Waals surface area contributed by atoms with Gasteiger partial charge in [0, 0.05) is 23.3 Å². The molecular formula is C18H22FNOS. The van der Waals surface area contributed by atoms with Crippen molar-refractivity contribution in [2.45, 2.75) is 30.8 Å². The number of ether oxygens (including phenoxy) is 1. The summed E-state index contributed by atoms with van der Waals surface area (Å²) in [5, 5.41) is 3.39. The van der Waals surface area contributed by atoms with Gasteiger partial charge in [-0.3, -0.25) is 0 Å². The van der Waals surface area contributed by atoms with Crippen molar-refractivity contribution in [3.63, 3.8) is 0 Å². The Bertz CT molecular complexity index is 599. The van der Waals surface area contributed by atoms with Crippen molar-refractivity contribution in [3.05, 3.63) is 53.6 Å². The first-order valence-corrected chi connectivity index (χ1v) is 8.29. The highest BCUT2D eigenvalue weighted by molar-refractivity contribution is 7.80. The molecule has 0 aromatic heterocycles. The number of halogens is 1. The van der Waals surface area contributed by atoms with E-state index in [9.17, 15) is 4.39 Å². The highest BCUT2D eigenvalue weighted by atomic mass is 32.1. The number of benzene rings is 1. The fraction of sp³-hybridized carbons (Fsp3) is 0.444. The fourth-order valence-corrected chi connectivity index (χ4v) is 3.65. The minimum absolute atomic E-state index is 0.173. The molecule has 118 valence electrons. The van der Waals surface area contributed by atoms with Gasteiger partial charge in [-0.25, -0.2) is 4.39 Å². The lowest BCUT2D eigenvalue weighted by atomic mass is 9.81. The summed E-state index contributed by atoms with van der Waals surface area (Å²) in [6.45, 7) is 3.92. The van der Waals surface area contributed by atoms with Gasteiger partial charge in [-0.2, -0.15) is 0 Å². The molecule has 1 aromatic rings. The zero-order valence-electron chi connectivity index (χ0n) is 12.8. The van der Waals surface area contributed by atoms with Crippen molar-refractivity contribution in [2.75, 3.05) is 13.1 Å². The van der Waals surface area contributed by atoms with E-state index < -0.39 is 0 Å². The van der Waals surface area contributed by atoms with Gasteiger partial charge in [0.15, 0.2) is 0 Å². The van der Waals surface area contributed by atoms with E-state index in [4.69, 9.17) is 4.74 Å². The van der Waals surface area contributed by atoms with E-state index >= 15 is 0 Å². The molecule has 2 saturated heterocycles. The van der Waals surface area contributed by atoms with E-state index in [1.807, 2.05) is 0 Å². The predicted molar refractivity (Wildman–Crippen MR) is 89.6 cm³/mol. The van der Waals surface area contributed by atoms with Gasteiger partial charge in [-0.05, 0) is 56.1 Å². The summed E-state index contributed by atoms with van der Waals surface area (Å²) in [5.74, 6) is 2.53. The lowest BCUT2D eigenvalue weighted by Gasteiger charge is -2.26. The normalized spacial score (nSPS) is 28.7. The Hall–Kier alpha value is -1.26. The molecule has 2 aliphatic heterocycles. The number of piperidine rings is 1. The molecule has 3 unspecified atom stereocenters. The quantitative estimate of drug-likeness (QED) is 0.708. The average molecular weight is 319 g/mol. The van der Waals surface area contributed by atoms with Crippen molar-refractivity contribution >= 4 is 12.6 Å². The molecule has 4 rings (SSSR count). The molecule has 4 heteroatoms. The van der Waals surface area contributed by atoms with Crippen LogP contribution in [0.2, 0.25) is 0 Å². The van der Waals surface area contributed by atoms with E-state index in [2.05, 4.69) is 36.2 Å². The lowest BCUT2D eigenvalue weighted by Crippen LogP contribution is -2.39. The molecule has 0 saturated carbocycles. The maximum Gasteiger partial charge on any atom is 0.126 e. The Labute approximate surface area is 136 Å². The van der Waals surface area contributed by atoms with Crippen molar-refractivity contribution in [2.24, 2.45) is 11.8 Å². The smallest absolute Gasteiger partial charge is 0.126 e. The van der Waals surface area contributed by atoms with E-state index in [0.29, 0.717) is 17.6 Å². The second-order valence-electron chi connectivity index (χ2n) is 6.09. The Morgan fingerprint density at radius 1 is 1.36 bits per heavy atom. The van der Waals surface area contributed by atoms with Gasteiger partial charge in [0.1, 0.15) is 17.7 Å². The van der Waals surface area contributed by atoms with E-state index in [1.165, 1.54) is 24.7 Å². The Kier molecular flexibility index (Phi) is 4.89. The number of aryl methyl sites for hydroxylation is 1. The minimum atomic E-state index is -0.173. The average Bonchev–Trinajstić information content (AvgIpc) is 2.91. The summed E-state index contributed by atoms with van der Waals surface area (Å²) < 4.78 is 18.4. The van der Waals surface area contributed by atoms with Gasteiger partial charge in [0.25, 0.3) is 0 Å². The highest BCUT2D eigenvalue weighted by Gasteiger charge is 2.42. The number of fused-ring (bicyclic) bond motifs is 3. The monoisotopic (exact) mass is 319 g/mol. The van der Waals surface area contributed by atoms with Gasteiger partial charge in [-0.15, -0.1) is 12.6 Å². The number of rotatable bonds is 0.